The lowest BCUT2D eigenvalue weighted by atomic mass is 10.2. The van der Waals surface area contributed by atoms with Crippen molar-refractivity contribution in [3.8, 4) is 11.5 Å². The predicted octanol–water partition coefficient (Wildman–Crippen LogP) is 3.76. The molecule has 0 spiro atoms. The fraction of sp³-hybridized carbons (Fsp3) is 0.417. The molecule has 0 radical (unpaired) electrons. The number of benzene rings is 1. The maximum atomic E-state index is 12.9. The summed E-state index contributed by atoms with van der Waals surface area (Å²) in [6.07, 6.45) is 0.256. The lowest BCUT2D eigenvalue weighted by molar-refractivity contribution is -0.130. The Labute approximate surface area is 183 Å². The van der Waals surface area contributed by atoms with E-state index in [1.807, 2.05) is 55.1 Å². The van der Waals surface area contributed by atoms with E-state index in [4.69, 9.17) is 9.40 Å². The molecule has 0 bridgehead atoms. The van der Waals surface area contributed by atoms with Crippen molar-refractivity contribution in [1.82, 2.24) is 19.9 Å². The average molecular weight is 420 g/mol. The first kappa shape index (κ1) is 21.0. The van der Waals surface area contributed by atoms with Crippen molar-refractivity contribution in [3.63, 3.8) is 0 Å². The Morgan fingerprint density at radius 1 is 1.03 bits per heavy atom. The molecule has 0 N–H and O–H groups in total. The number of hydrogen-bond acceptors (Lipinski definition) is 6. The normalized spacial score (nSPS) is 14.4. The quantitative estimate of drug-likeness (QED) is 0.627. The molecule has 1 aliphatic heterocycles. The van der Waals surface area contributed by atoms with E-state index in [1.165, 1.54) is 0 Å². The van der Waals surface area contributed by atoms with Gasteiger partial charge in [-0.2, -0.15) is 0 Å². The molecule has 3 heterocycles. The van der Waals surface area contributed by atoms with Gasteiger partial charge in [0.15, 0.2) is 0 Å². The van der Waals surface area contributed by atoms with Crippen molar-refractivity contribution in [2.45, 2.75) is 40.0 Å². The fourth-order valence-corrected chi connectivity index (χ4v) is 3.73. The number of anilines is 1. The van der Waals surface area contributed by atoms with E-state index in [-0.39, 0.29) is 18.2 Å². The topological polar surface area (TPSA) is 75.4 Å². The Hall–Kier alpha value is -3.22. The summed E-state index contributed by atoms with van der Waals surface area (Å²) in [7, 11) is 0. The second-order valence-electron chi connectivity index (χ2n) is 8.31. The van der Waals surface area contributed by atoms with E-state index in [0.717, 1.165) is 36.0 Å². The minimum absolute atomic E-state index is 0.0809. The molecule has 3 aromatic rings. The lowest BCUT2D eigenvalue weighted by Crippen LogP contribution is -2.49. The largest absolute Gasteiger partial charge is 0.441 e. The van der Waals surface area contributed by atoms with Gasteiger partial charge >= 0.3 is 0 Å². The molecule has 31 heavy (non-hydrogen) atoms. The lowest BCUT2D eigenvalue weighted by Gasteiger charge is -2.35. The number of oxazole rings is 1. The van der Waals surface area contributed by atoms with Crippen LogP contribution in [0.5, 0.6) is 0 Å². The highest BCUT2D eigenvalue weighted by atomic mass is 16.4. The third-order valence-electron chi connectivity index (χ3n) is 5.56. The van der Waals surface area contributed by atoms with Crippen LogP contribution < -0.4 is 4.90 Å². The van der Waals surface area contributed by atoms with Gasteiger partial charge < -0.3 is 14.2 Å². The fourth-order valence-electron chi connectivity index (χ4n) is 3.73. The number of carbonyl (C=O) groups is 1. The zero-order valence-corrected chi connectivity index (χ0v) is 18.6. The Kier molecular flexibility index (Phi) is 6.02. The van der Waals surface area contributed by atoms with Crippen LogP contribution in [0.3, 0.4) is 0 Å². The van der Waals surface area contributed by atoms with E-state index in [9.17, 15) is 4.79 Å². The maximum absolute atomic E-state index is 12.9. The van der Waals surface area contributed by atoms with Crippen LogP contribution >= 0.6 is 0 Å². The highest BCUT2D eigenvalue weighted by Gasteiger charge is 2.24. The maximum Gasteiger partial charge on any atom is 0.228 e. The number of piperazine rings is 1. The SMILES string of the molecule is Cc1cc(N2CCN(C(=O)Cc3nc(-c4ccccc4)oc3C)CC2)nc(C(C)C)n1. The van der Waals surface area contributed by atoms with Crippen molar-refractivity contribution in [3.05, 3.63) is 59.4 Å². The first-order chi connectivity index (χ1) is 14.9. The van der Waals surface area contributed by atoms with Crippen LogP contribution in [0.4, 0.5) is 5.82 Å². The average Bonchev–Trinajstić information content (AvgIpc) is 3.14. The van der Waals surface area contributed by atoms with Crippen LogP contribution in [0.1, 0.15) is 42.7 Å². The second kappa shape index (κ2) is 8.88. The highest BCUT2D eigenvalue weighted by Crippen LogP contribution is 2.23. The summed E-state index contributed by atoms with van der Waals surface area (Å²) in [6.45, 7) is 10.9. The Balaban J connectivity index is 1.39. The summed E-state index contributed by atoms with van der Waals surface area (Å²) >= 11 is 0. The van der Waals surface area contributed by atoms with Crippen molar-refractivity contribution >= 4 is 11.7 Å². The minimum Gasteiger partial charge on any atom is -0.441 e. The van der Waals surface area contributed by atoms with Gasteiger partial charge in [0, 0.05) is 49.4 Å². The molecule has 7 heteroatoms. The molecular weight excluding hydrogens is 390 g/mol. The van der Waals surface area contributed by atoms with Crippen LogP contribution in [0.15, 0.2) is 40.8 Å². The number of nitrogens with zero attached hydrogens (tertiary/aromatic N) is 5. The number of aromatic nitrogens is 3. The van der Waals surface area contributed by atoms with Crippen LogP contribution in [0.25, 0.3) is 11.5 Å². The molecule has 7 nitrogen and oxygen atoms in total. The third-order valence-corrected chi connectivity index (χ3v) is 5.56. The molecule has 162 valence electrons. The molecule has 0 unspecified atom stereocenters. The molecule has 1 fully saturated rings. The highest BCUT2D eigenvalue weighted by molar-refractivity contribution is 5.79. The summed E-state index contributed by atoms with van der Waals surface area (Å²) in [5, 5.41) is 0. The van der Waals surface area contributed by atoms with E-state index in [2.05, 4.69) is 28.7 Å². The summed E-state index contributed by atoms with van der Waals surface area (Å²) in [5.74, 6) is 3.44. The van der Waals surface area contributed by atoms with Gasteiger partial charge in [-0.1, -0.05) is 32.0 Å². The molecule has 1 aliphatic rings. The van der Waals surface area contributed by atoms with Crippen molar-refractivity contribution in [2.75, 3.05) is 31.1 Å². The number of rotatable bonds is 5. The zero-order chi connectivity index (χ0) is 22.0. The van der Waals surface area contributed by atoms with E-state index in [0.29, 0.717) is 30.4 Å². The summed E-state index contributed by atoms with van der Waals surface area (Å²) in [4.78, 5) is 30.9. The van der Waals surface area contributed by atoms with E-state index < -0.39 is 0 Å². The third kappa shape index (κ3) is 4.76. The van der Waals surface area contributed by atoms with Gasteiger partial charge in [0.05, 0.1) is 12.1 Å². The van der Waals surface area contributed by atoms with Gasteiger partial charge in [0.2, 0.25) is 11.8 Å². The van der Waals surface area contributed by atoms with E-state index in [1.54, 1.807) is 0 Å². The van der Waals surface area contributed by atoms with Gasteiger partial charge in [-0.3, -0.25) is 4.79 Å². The molecule has 4 rings (SSSR count). The van der Waals surface area contributed by atoms with Crippen molar-refractivity contribution < 1.29 is 9.21 Å². The molecule has 2 aromatic heterocycles. The molecule has 1 amide bonds. The molecule has 0 aliphatic carbocycles. The Bertz CT molecular complexity index is 1050. The van der Waals surface area contributed by atoms with Gasteiger partial charge in [-0.15, -0.1) is 0 Å². The van der Waals surface area contributed by atoms with Gasteiger partial charge in [0.1, 0.15) is 17.4 Å². The van der Waals surface area contributed by atoms with Crippen molar-refractivity contribution in [1.29, 1.82) is 0 Å². The van der Waals surface area contributed by atoms with Crippen molar-refractivity contribution in [2.24, 2.45) is 0 Å². The Morgan fingerprint density at radius 3 is 2.42 bits per heavy atom. The molecule has 1 aromatic carbocycles. The first-order valence-corrected chi connectivity index (χ1v) is 10.8. The van der Waals surface area contributed by atoms with Gasteiger partial charge in [-0.05, 0) is 26.0 Å². The molecular formula is C24H29N5O2. The number of carbonyl (C=O) groups excluding carboxylic acids is 1. The number of hydrogen-bond donors (Lipinski definition) is 0. The Morgan fingerprint density at radius 2 is 1.74 bits per heavy atom. The van der Waals surface area contributed by atoms with Gasteiger partial charge in [0.25, 0.3) is 0 Å². The van der Waals surface area contributed by atoms with Gasteiger partial charge in [-0.25, -0.2) is 15.0 Å². The summed E-state index contributed by atoms with van der Waals surface area (Å²) in [6, 6.07) is 11.8. The standard InChI is InChI=1S/C24H29N5O2/c1-16(2)23-25-17(3)14-21(27-23)28-10-12-29(13-11-28)22(30)15-20-18(4)31-24(26-20)19-8-6-5-7-9-19/h5-9,14,16H,10-13,15H2,1-4H3. The molecule has 0 atom stereocenters. The predicted molar refractivity (Wildman–Crippen MR) is 120 cm³/mol. The number of amides is 1. The van der Waals surface area contributed by atoms with Crippen LogP contribution in [-0.2, 0) is 11.2 Å². The first-order valence-electron chi connectivity index (χ1n) is 10.8. The minimum atomic E-state index is 0.0809. The van der Waals surface area contributed by atoms with E-state index >= 15 is 0 Å². The summed E-state index contributed by atoms with van der Waals surface area (Å²) in [5.41, 5.74) is 2.60. The molecule has 0 saturated carbocycles. The zero-order valence-electron chi connectivity index (χ0n) is 18.6. The smallest absolute Gasteiger partial charge is 0.228 e. The number of aryl methyl sites for hydroxylation is 2. The monoisotopic (exact) mass is 419 g/mol. The molecule has 1 saturated heterocycles. The van der Waals surface area contributed by atoms with Crippen LogP contribution in [-0.4, -0.2) is 51.9 Å². The van der Waals surface area contributed by atoms with Crippen LogP contribution in [0, 0.1) is 13.8 Å². The second-order valence-corrected chi connectivity index (χ2v) is 8.31. The van der Waals surface area contributed by atoms with Crippen LogP contribution in [0.2, 0.25) is 0 Å². The summed E-state index contributed by atoms with van der Waals surface area (Å²) < 4.78 is 5.80.